The highest BCUT2D eigenvalue weighted by molar-refractivity contribution is 6.06. The molecule has 2 aromatic rings. The van der Waals surface area contributed by atoms with E-state index in [0.717, 1.165) is 12.1 Å². The Morgan fingerprint density at radius 1 is 1.50 bits per heavy atom. The quantitative estimate of drug-likeness (QED) is 0.797. The number of aromatic nitrogens is 2. The van der Waals surface area contributed by atoms with Gasteiger partial charge in [-0.3, -0.25) is 9.89 Å². The largest absolute Gasteiger partial charge is 0.382 e. The molecule has 3 N–H and O–H groups in total. The number of fused-ring (bicyclic) bond motifs is 1. The molecule has 1 aliphatic heterocycles. The van der Waals surface area contributed by atoms with Crippen LogP contribution in [0.4, 0.5) is 11.5 Å². The Labute approximate surface area is 105 Å². The van der Waals surface area contributed by atoms with Crippen molar-refractivity contribution in [1.29, 1.82) is 0 Å². The highest BCUT2D eigenvalue weighted by Crippen LogP contribution is 2.32. The fourth-order valence-electron chi connectivity index (χ4n) is 2.45. The molecule has 3 rings (SSSR count). The van der Waals surface area contributed by atoms with Gasteiger partial charge in [0.05, 0.1) is 0 Å². The smallest absolute Gasteiger partial charge is 0.276 e. The molecule has 5 heteroatoms. The van der Waals surface area contributed by atoms with Crippen LogP contribution in [0, 0.1) is 0 Å². The molecule has 0 bridgehead atoms. The number of H-pyrrole nitrogens is 1. The van der Waals surface area contributed by atoms with Crippen LogP contribution in [0.25, 0.3) is 0 Å². The van der Waals surface area contributed by atoms with Crippen molar-refractivity contribution in [2.75, 3.05) is 10.6 Å². The fraction of sp³-hybridized carbons (Fsp3) is 0.231. The van der Waals surface area contributed by atoms with E-state index in [2.05, 4.69) is 16.3 Å². The van der Waals surface area contributed by atoms with Gasteiger partial charge in [-0.15, -0.1) is 0 Å². The maximum atomic E-state index is 12.4. The average molecular weight is 242 g/mol. The average Bonchev–Trinajstić information content (AvgIpc) is 2.91. The fourth-order valence-corrected chi connectivity index (χ4v) is 2.45. The highest BCUT2D eigenvalue weighted by atomic mass is 16.2. The van der Waals surface area contributed by atoms with Crippen LogP contribution < -0.4 is 10.6 Å². The number of benzene rings is 1. The van der Waals surface area contributed by atoms with Crippen LogP contribution in [0.1, 0.15) is 23.0 Å². The number of carbonyl (C=O) groups excluding carboxylic acids is 1. The molecule has 0 radical (unpaired) electrons. The second-order valence-electron chi connectivity index (χ2n) is 4.56. The van der Waals surface area contributed by atoms with Gasteiger partial charge in [0.25, 0.3) is 5.91 Å². The summed E-state index contributed by atoms with van der Waals surface area (Å²) in [5.41, 5.74) is 8.13. The summed E-state index contributed by atoms with van der Waals surface area (Å²) >= 11 is 0. The van der Waals surface area contributed by atoms with Crippen LogP contribution in [-0.4, -0.2) is 22.1 Å². The van der Waals surface area contributed by atoms with Crippen molar-refractivity contribution >= 4 is 17.4 Å². The number of nitrogen functional groups attached to an aromatic ring is 1. The first kappa shape index (κ1) is 10.8. The molecule has 0 aliphatic carbocycles. The van der Waals surface area contributed by atoms with Crippen LogP contribution in [0.15, 0.2) is 30.3 Å². The lowest BCUT2D eigenvalue weighted by Crippen LogP contribution is -2.35. The van der Waals surface area contributed by atoms with E-state index in [1.807, 2.05) is 25.1 Å². The Morgan fingerprint density at radius 3 is 3.00 bits per heavy atom. The molecule has 5 nitrogen and oxygen atoms in total. The number of carbonyl (C=O) groups is 1. The summed E-state index contributed by atoms with van der Waals surface area (Å²) < 4.78 is 0. The van der Waals surface area contributed by atoms with Gasteiger partial charge >= 0.3 is 0 Å². The second-order valence-corrected chi connectivity index (χ2v) is 4.56. The number of para-hydroxylation sites is 1. The van der Waals surface area contributed by atoms with Crippen LogP contribution >= 0.6 is 0 Å². The van der Waals surface area contributed by atoms with E-state index in [9.17, 15) is 4.79 Å². The zero-order chi connectivity index (χ0) is 12.7. The molecular weight excluding hydrogens is 228 g/mol. The van der Waals surface area contributed by atoms with Gasteiger partial charge in [0, 0.05) is 17.8 Å². The lowest BCUT2D eigenvalue weighted by Gasteiger charge is -2.21. The molecule has 0 saturated heterocycles. The number of hydrogen-bond donors (Lipinski definition) is 2. The van der Waals surface area contributed by atoms with Gasteiger partial charge in [-0.05, 0) is 25.0 Å². The van der Waals surface area contributed by atoms with E-state index in [1.54, 1.807) is 11.0 Å². The van der Waals surface area contributed by atoms with Crippen molar-refractivity contribution < 1.29 is 4.79 Å². The predicted molar refractivity (Wildman–Crippen MR) is 69.4 cm³/mol. The van der Waals surface area contributed by atoms with Gasteiger partial charge in [-0.1, -0.05) is 18.2 Å². The third-order valence-corrected chi connectivity index (χ3v) is 3.25. The zero-order valence-corrected chi connectivity index (χ0v) is 10.1. The summed E-state index contributed by atoms with van der Waals surface area (Å²) in [5, 5.41) is 6.46. The first-order valence-electron chi connectivity index (χ1n) is 5.89. The Balaban J connectivity index is 2.00. The Hall–Kier alpha value is -2.30. The van der Waals surface area contributed by atoms with Crippen LogP contribution in [0.2, 0.25) is 0 Å². The molecule has 1 aromatic heterocycles. The number of hydrogen-bond acceptors (Lipinski definition) is 3. The van der Waals surface area contributed by atoms with Crippen molar-refractivity contribution in [3.63, 3.8) is 0 Å². The topological polar surface area (TPSA) is 75.0 Å². The molecule has 1 aliphatic rings. The highest BCUT2D eigenvalue weighted by Gasteiger charge is 2.31. The number of nitrogens with one attached hydrogen (secondary N) is 1. The number of nitrogens with zero attached hydrogens (tertiary/aromatic N) is 2. The number of amides is 1. The van der Waals surface area contributed by atoms with Crippen molar-refractivity contribution in [2.45, 2.75) is 19.4 Å². The molecule has 1 aromatic carbocycles. The first-order chi connectivity index (χ1) is 8.66. The minimum absolute atomic E-state index is 0.0864. The molecule has 92 valence electrons. The van der Waals surface area contributed by atoms with Crippen molar-refractivity contribution in [1.82, 2.24) is 10.2 Å². The maximum absolute atomic E-state index is 12.4. The molecular formula is C13H14N4O. The summed E-state index contributed by atoms with van der Waals surface area (Å²) in [5.74, 6) is 0.245. The van der Waals surface area contributed by atoms with E-state index in [4.69, 9.17) is 5.73 Å². The van der Waals surface area contributed by atoms with Gasteiger partial charge < -0.3 is 10.6 Å². The molecule has 1 atom stereocenters. The first-order valence-corrected chi connectivity index (χ1v) is 5.89. The summed E-state index contributed by atoms with van der Waals surface area (Å²) in [4.78, 5) is 14.2. The van der Waals surface area contributed by atoms with Gasteiger partial charge in [-0.2, -0.15) is 5.10 Å². The van der Waals surface area contributed by atoms with E-state index in [-0.39, 0.29) is 11.9 Å². The molecule has 0 spiro atoms. The molecule has 0 unspecified atom stereocenters. The molecule has 2 heterocycles. The maximum Gasteiger partial charge on any atom is 0.276 e. The van der Waals surface area contributed by atoms with Crippen LogP contribution in [0.5, 0.6) is 0 Å². The minimum atomic E-state index is -0.0864. The molecule has 0 fully saturated rings. The Kier molecular flexibility index (Phi) is 2.33. The van der Waals surface area contributed by atoms with E-state index >= 15 is 0 Å². The second kappa shape index (κ2) is 3.87. The third-order valence-electron chi connectivity index (χ3n) is 3.25. The van der Waals surface area contributed by atoms with Gasteiger partial charge in [-0.25, -0.2) is 0 Å². The number of anilines is 2. The molecule has 1 amide bonds. The lowest BCUT2D eigenvalue weighted by molar-refractivity contribution is 0.0976. The molecule has 18 heavy (non-hydrogen) atoms. The number of aromatic amines is 1. The number of nitrogens with two attached hydrogens (primary N) is 1. The SMILES string of the molecule is C[C@H]1Cc2ccccc2N1C(=O)c1cc(N)n[nH]1. The summed E-state index contributed by atoms with van der Waals surface area (Å²) in [6.45, 7) is 2.04. The summed E-state index contributed by atoms with van der Waals surface area (Å²) in [6.07, 6.45) is 0.880. The standard InChI is InChI=1S/C13H14N4O/c1-8-6-9-4-2-3-5-11(9)17(8)13(18)10-7-12(14)16-15-10/h2-5,7-8H,6H2,1H3,(H3,14,15,16)/t8-/m0/s1. The van der Waals surface area contributed by atoms with Crippen LogP contribution in [0.3, 0.4) is 0 Å². The predicted octanol–water partition coefficient (Wildman–Crippen LogP) is 1.58. The van der Waals surface area contributed by atoms with E-state index in [0.29, 0.717) is 11.5 Å². The normalized spacial score (nSPS) is 17.8. The Morgan fingerprint density at radius 2 is 2.28 bits per heavy atom. The van der Waals surface area contributed by atoms with E-state index in [1.165, 1.54) is 5.56 Å². The van der Waals surface area contributed by atoms with Crippen molar-refractivity contribution in [3.8, 4) is 0 Å². The van der Waals surface area contributed by atoms with Gasteiger partial charge in [0.15, 0.2) is 0 Å². The lowest BCUT2D eigenvalue weighted by atomic mass is 10.1. The Bertz CT molecular complexity index is 605. The monoisotopic (exact) mass is 242 g/mol. The van der Waals surface area contributed by atoms with Gasteiger partial charge in [0.1, 0.15) is 11.5 Å². The minimum Gasteiger partial charge on any atom is -0.382 e. The van der Waals surface area contributed by atoms with Crippen molar-refractivity contribution in [3.05, 3.63) is 41.6 Å². The molecule has 0 saturated carbocycles. The van der Waals surface area contributed by atoms with Crippen LogP contribution in [-0.2, 0) is 6.42 Å². The van der Waals surface area contributed by atoms with E-state index < -0.39 is 0 Å². The summed E-state index contributed by atoms with van der Waals surface area (Å²) in [6, 6.07) is 9.68. The summed E-state index contributed by atoms with van der Waals surface area (Å²) in [7, 11) is 0. The van der Waals surface area contributed by atoms with Crippen molar-refractivity contribution in [2.24, 2.45) is 0 Å². The zero-order valence-electron chi connectivity index (χ0n) is 10.1. The number of rotatable bonds is 1. The van der Waals surface area contributed by atoms with Gasteiger partial charge in [0.2, 0.25) is 0 Å². The third kappa shape index (κ3) is 1.55.